The molecule has 0 aliphatic carbocycles. The van der Waals surface area contributed by atoms with Crippen LogP contribution in [0.2, 0.25) is 0 Å². The average molecular weight is 310 g/mol. The van der Waals surface area contributed by atoms with Crippen LogP contribution in [0, 0.1) is 0 Å². The Kier molecular flexibility index (Phi) is 10.3. The fraction of sp³-hybridized carbons (Fsp3) is 0.111. The smallest absolute Gasteiger partial charge is 0.187 e. The second-order valence-corrected chi connectivity index (χ2v) is 2.25. The van der Waals surface area contributed by atoms with E-state index in [2.05, 4.69) is 6.08 Å². The second-order valence-electron chi connectivity index (χ2n) is 2.25. The van der Waals surface area contributed by atoms with Gasteiger partial charge in [-0.2, -0.15) is 0 Å². The third-order valence-electron chi connectivity index (χ3n) is 1.55. The van der Waals surface area contributed by atoms with E-state index in [0.29, 0.717) is 6.61 Å². The number of para-hydroxylation sites is 1. The van der Waals surface area contributed by atoms with Crippen molar-refractivity contribution >= 4 is 23.4 Å². The molecule has 0 atom stereocenters. The van der Waals surface area contributed by atoms with Crippen molar-refractivity contribution in [2.45, 2.75) is 0 Å². The van der Waals surface area contributed by atoms with Crippen LogP contribution in [0.3, 0.4) is 0 Å². The number of ether oxygens (including phenoxy) is 1. The molecule has 1 aliphatic heterocycles. The molecule has 2 radical (unpaired) electrons. The molecule has 0 N–H and O–H groups in total. The minimum atomic E-state index is 0. The van der Waals surface area contributed by atoms with Crippen molar-refractivity contribution in [3.8, 4) is 5.75 Å². The van der Waals surface area contributed by atoms with Crippen molar-refractivity contribution in [1.82, 2.24) is 0 Å². The Labute approximate surface area is 125 Å². The van der Waals surface area contributed by atoms with E-state index < -0.39 is 0 Å². The van der Waals surface area contributed by atoms with Crippen LogP contribution in [0.4, 0.5) is 0 Å². The van der Waals surface area contributed by atoms with Gasteiger partial charge in [-0.15, -0.1) is 0 Å². The van der Waals surface area contributed by atoms with Gasteiger partial charge in [0, 0.05) is 55.1 Å². The summed E-state index contributed by atoms with van der Waals surface area (Å²) in [6.45, 7) is 0.705. The first-order chi connectivity index (χ1) is 4.97. The van der Waals surface area contributed by atoms with Crippen molar-refractivity contribution in [2.24, 2.45) is 0 Å². The Morgan fingerprint density at radius 2 is 1.85 bits per heavy atom. The first-order valence-corrected chi connectivity index (χ1v) is 3.35. The minimum Gasteiger partial charge on any atom is -0.489 e. The van der Waals surface area contributed by atoms with Crippen LogP contribution in [0.25, 0.3) is 6.08 Å². The van der Waals surface area contributed by atoms with Gasteiger partial charge in [-0.3, -0.25) is 0 Å². The summed E-state index contributed by atoms with van der Waals surface area (Å²) in [6.07, 6.45) is 4.10. The number of hydrogen-bond donors (Lipinski definition) is 0. The molecule has 0 spiro atoms. The van der Waals surface area contributed by atoms with E-state index >= 15 is 0 Å². The Hall–Kier alpha value is 0.903. The summed E-state index contributed by atoms with van der Waals surface area (Å²) in [4.78, 5) is 0. The zero-order valence-electron chi connectivity index (χ0n) is 6.49. The Morgan fingerprint density at radius 3 is 2.54 bits per heavy atom. The van der Waals surface area contributed by atoms with E-state index in [9.17, 15) is 0 Å². The first-order valence-electron chi connectivity index (χ1n) is 3.35. The predicted octanol–water partition coefficient (Wildman–Crippen LogP) is 0.903. The van der Waals surface area contributed by atoms with Gasteiger partial charge in [0.15, 0.2) is 17.4 Å². The molecule has 1 aliphatic rings. The molecule has 0 aromatic heterocycles. The van der Waals surface area contributed by atoms with Crippen LogP contribution in [-0.4, -0.2) is 24.0 Å². The van der Waals surface area contributed by atoms with E-state index in [1.807, 2.05) is 30.3 Å². The zero-order valence-corrected chi connectivity index (χ0v) is 10.4. The van der Waals surface area contributed by atoms with Crippen LogP contribution >= 0.6 is 0 Å². The molecule has 1 aromatic rings. The van der Waals surface area contributed by atoms with Crippen molar-refractivity contribution < 1.29 is 54.2 Å². The number of rotatable bonds is 0. The molecule has 1 nitrogen and oxygen atoms in total. The molecule has 2 rings (SSSR count). The average Bonchev–Trinajstić information content (AvgIpc) is 2.05. The molecule has 0 amide bonds. The van der Waals surface area contributed by atoms with Gasteiger partial charge in [0.25, 0.3) is 0 Å². The Balaban J connectivity index is 0. The molecule has 0 saturated heterocycles. The van der Waals surface area contributed by atoms with Crippen LogP contribution in [0.5, 0.6) is 5.75 Å². The number of hydrogen-bond acceptors (Lipinski definition) is 1. The van der Waals surface area contributed by atoms with Gasteiger partial charge in [0.2, 0.25) is 0 Å². The molecule has 0 bridgehead atoms. The summed E-state index contributed by atoms with van der Waals surface area (Å²) >= 11 is 0. The second kappa shape index (κ2) is 8.23. The van der Waals surface area contributed by atoms with Gasteiger partial charge in [0.1, 0.15) is 12.4 Å². The van der Waals surface area contributed by atoms with Crippen LogP contribution in [-0.2, 0) is 49.5 Å². The molecule has 68 valence electrons. The van der Waals surface area contributed by atoms with Crippen LogP contribution in [0.15, 0.2) is 30.3 Å². The third kappa shape index (κ3) is 4.29. The molecule has 4 heteroatoms. The standard InChI is InChI=1S/C9H8O.Al.Co.Y.3H/c1-2-6-9-8(4-1)5-3-7-10-9;;;;;;/h1-6H,7H2;;;;;;. The Morgan fingerprint density at radius 1 is 1.15 bits per heavy atom. The van der Waals surface area contributed by atoms with Gasteiger partial charge >= 0.3 is 0 Å². The predicted molar refractivity (Wildman–Crippen MR) is 50.9 cm³/mol. The topological polar surface area (TPSA) is 9.23 Å². The zero-order chi connectivity index (χ0) is 6.81. The molecular formula is C9H11AlCoOY. The van der Waals surface area contributed by atoms with Gasteiger partial charge in [-0.25, -0.2) is 0 Å². The SMILES string of the molecule is C1=Cc2ccccc2OC1.[AlH3].[Co].[Y]. The fourth-order valence-electron chi connectivity index (χ4n) is 1.06. The van der Waals surface area contributed by atoms with E-state index in [1.165, 1.54) is 5.56 Å². The van der Waals surface area contributed by atoms with Gasteiger partial charge in [0.05, 0.1) is 0 Å². The quantitative estimate of drug-likeness (QED) is 0.647. The van der Waals surface area contributed by atoms with Gasteiger partial charge < -0.3 is 4.74 Å². The maximum Gasteiger partial charge on any atom is 0.187 e. The molecular weight excluding hydrogens is 299 g/mol. The van der Waals surface area contributed by atoms with Crippen molar-refractivity contribution in [3.05, 3.63) is 35.9 Å². The van der Waals surface area contributed by atoms with Crippen molar-refractivity contribution in [3.63, 3.8) is 0 Å². The minimum absolute atomic E-state index is 0. The van der Waals surface area contributed by atoms with Gasteiger partial charge in [-0.1, -0.05) is 24.3 Å². The number of fused-ring (bicyclic) bond motifs is 1. The largest absolute Gasteiger partial charge is 0.489 e. The molecule has 13 heavy (non-hydrogen) atoms. The number of benzene rings is 1. The first kappa shape index (κ1) is 16.3. The molecule has 0 fully saturated rings. The maximum atomic E-state index is 5.34. The van der Waals surface area contributed by atoms with Gasteiger partial charge in [-0.05, 0) is 12.1 Å². The summed E-state index contributed by atoms with van der Waals surface area (Å²) in [7, 11) is 0. The van der Waals surface area contributed by atoms with Crippen LogP contribution < -0.4 is 4.74 Å². The summed E-state index contributed by atoms with van der Waals surface area (Å²) in [5, 5.41) is 0. The normalized spacial score (nSPS) is 10.8. The molecule has 1 heterocycles. The van der Waals surface area contributed by atoms with E-state index in [0.717, 1.165) is 5.75 Å². The molecule has 0 saturated carbocycles. The summed E-state index contributed by atoms with van der Waals surface area (Å²) < 4.78 is 5.34. The summed E-state index contributed by atoms with van der Waals surface area (Å²) in [6, 6.07) is 8.03. The third-order valence-corrected chi connectivity index (χ3v) is 1.55. The molecule has 0 unspecified atom stereocenters. The van der Waals surface area contributed by atoms with Crippen molar-refractivity contribution in [1.29, 1.82) is 0 Å². The van der Waals surface area contributed by atoms with E-state index in [1.54, 1.807) is 0 Å². The van der Waals surface area contributed by atoms with Crippen molar-refractivity contribution in [2.75, 3.05) is 6.61 Å². The fourth-order valence-corrected chi connectivity index (χ4v) is 1.06. The molecule has 1 aromatic carbocycles. The monoisotopic (exact) mass is 310 g/mol. The Bertz CT molecular complexity index is 278. The van der Waals surface area contributed by atoms with E-state index in [-0.39, 0.29) is 66.8 Å². The van der Waals surface area contributed by atoms with E-state index in [4.69, 9.17) is 4.74 Å². The maximum absolute atomic E-state index is 5.34. The summed E-state index contributed by atoms with van der Waals surface area (Å²) in [5.74, 6) is 0.991. The summed E-state index contributed by atoms with van der Waals surface area (Å²) in [5.41, 5.74) is 1.17. The van der Waals surface area contributed by atoms with Crippen LogP contribution in [0.1, 0.15) is 5.56 Å².